The van der Waals surface area contributed by atoms with Crippen LogP contribution in [0.15, 0.2) is 152 Å². The van der Waals surface area contributed by atoms with Crippen molar-refractivity contribution in [1.82, 2.24) is 0 Å². The number of nitrogens with zero attached hydrogens (tertiary/aromatic N) is 2. The molecule has 0 amide bonds. The molecule has 0 radical (unpaired) electrons. The highest BCUT2D eigenvalue weighted by Gasteiger charge is 2.28. The van der Waals surface area contributed by atoms with Gasteiger partial charge in [0.25, 0.3) is 0 Å². The van der Waals surface area contributed by atoms with E-state index in [2.05, 4.69) is 221 Å². The Labute approximate surface area is 343 Å². The average Bonchev–Trinajstić information content (AvgIpc) is 3.18. The van der Waals surface area contributed by atoms with E-state index in [1.54, 1.807) is 0 Å². The summed E-state index contributed by atoms with van der Waals surface area (Å²) in [6, 6.07) is 55.0. The zero-order valence-electron chi connectivity index (χ0n) is 35.0. The van der Waals surface area contributed by atoms with E-state index in [-0.39, 0.29) is 10.8 Å². The minimum absolute atomic E-state index is 0.0970. The minimum Gasteiger partial charge on any atom is -0.399 e. The summed E-state index contributed by atoms with van der Waals surface area (Å²) >= 11 is 0. The molecule has 0 saturated heterocycles. The molecule has 0 fully saturated rings. The number of anilines is 7. The van der Waals surface area contributed by atoms with Crippen LogP contribution in [0.4, 0.5) is 39.8 Å². The maximum atomic E-state index is 6.31. The third kappa shape index (κ3) is 8.13. The predicted octanol–water partition coefficient (Wildman–Crippen LogP) is 14.6. The predicted molar refractivity (Wildman–Crippen MR) is 252 cm³/mol. The molecule has 0 aliphatic rings. The molecule has 7 rings (SSSR count). The highest BCUT2D eigenvalue weighted by molar-refractivity contribution is 7.27. The second kappa shape index (κ2) is 15.7. The molecule has 0 bridgehead atoms. The maximum absolute atomic E-state index is 6.31. The fourth-order valence-corrected chi connectivity index (χ4v) is 8.18. The Kier molecular flexibility index (Phi) is 10.9. The Bertz CT molecular complexity index is 2330. The zero-order chi connectivity index (χ0) is 40.6. The van der Waals surface area contributed by atoms with E-state index in [0.717, 1.165) is 50.7 Å². The standard InChI is InChI=1S/C53H56N3P/c1-35-31-44(38-17-12-10-13-18-38)46(52(4,5)6)33-50(35)55(41-25-23-40(54)24-26-41)48-21-16-22-49(37(48)3)56(42-27-29-43(57)30-28-42)51-34-47(53(7,8)9)45(32-36(51)2)39-19-14-11-15-20-39/h10-34H,54,57H2,1-9H3. The molecule has 1 unspecified atom stereocenters. The van der Waals surface area contributed by atoms with Crippen molar-refractivity contribution in [3.63, 3.8) is 0 Å². The van der Waals surface area contributed by atoms with Gasteiger partial charge in [0.15, 0.2) is 0 Å². The van der Waals surface area contributed by atoms with Gasteiger partial charge in [0.05, 0.1) is 11.4 Å². The highest BCUT2D eigenvalue weighted by Crippen LogP contribution is 2.48. The van der Waals surface area contributed by atoms with Gasteiger partial charge in [-0.05, 0) is 160 Å². The van der Waals surface area contributed by atoms with Crippen LogP contribution in [0.5, 0.6) is 0 Å². The lowest BCUT2D eigenvalue weighted by molar-refractivity contribution is 0.591. The van der Waals surface area contributed by atoms with Gasteiger partial charge in [0.1, 0.15) is 0 Å². The number of rotatable bonds is 8. The molecule has 7 aromatic carbocycles. The Hall–Kier alpha value is -5.63. The molecular weight excluding hydrogens is 710 g/mol. The Morgan fingerprint density at radius 3 is 1.21 bits per heavy atom. The molecule has 0 aliphatic heterocycles. The summed E-state index contributed by atoms with van der Waals surface area (Å²) in [6.45, 7) is 20.6. The summed E-state index contributed by atoms with van der Waals surface area (Å²) in [5.74, 6) is 0. The topological polar surface area (TPSA) is 32.5 Å². The first-order valence-electron chi connectivity index (χ1n) is 19.9. The van der Waals surface area contributed by atoms with E-state index in [4.69, 9.17) is 5.73 Å². The van der Waals surface area contributed by atoms with Gasteiger partial charge in [-0.15, -0.1) is 9.24 Å². The lowest BCUT2D eigenvalue weighted by Gasteiger charge is -2.35. The van der Waals surface area contributed by atoms with Crippen molar-refractivity contribution in [3.8, 4) is 22.3 Å². The molecule has 4 heteroatoms. The van der Waals surface area contributed by atoms with E-state index in [9.17, 15) is 0 Å². The van der Waals surface area contributed by atoms with Gasteiger partial charge in [0.2, 0.25) is 0 Å². The Morgan fingerprint density at radius 2 is 0.825 bits per heavy atom. The van der Waals surface area contributed by atoms with Crippen molar-refractivity contribution in [1.29, 1.82) is 0 Å². The number of hydrogen-bond donors (Lipinski definition) is 1. The van der Waals surface area contributed by atoms with E-state index >= 15 is 0 Å². The van der Waals surface area contributed by atoms with E-state index in [1.807, 2.05) is 12.1 Å². The van der Waals surface area contributed by atoms with E-state index in [1.165, 1.54) is 44.5 Å². The van der Waals surface area contributed by atoms with Crippen molar-refractivity contribution in [3.05, 3.63) is 179 Å². The minimum atomic E-state index is -0.105. The molecular formula is C53H56N3P. The van der Waals surface area contributed by atoms with Crippen LogP contribution in [0.3, 0.4) is 0 Å². The third-order valence-corrected chi connectivity index (χ3v) is 11.4. The summed E-state index contributed by atoms with van der Waals surface area (Å²) in [6.07, 6.45) is 0. The molecule has 0 aliphatic carbocycles. The second-order valence-electron chi connectivity index (χ2n) is 17.4. The lowest BCUT2D eigenvalue weighted by Crippen LogP contribution is -2.20. The Balaban J connectivity index is 1.49. The van der Waals surface area contributed by atoms with Crippen LogP contribution in [-0.4, -0.2) is 0 Å². The third-order valence-electron chi connectivity index (χ3n) is 11.0. The number of hydrogen-bond acceptors (Lipinski definition) is 3. The number of nitrogens with two attached hydrogens (primary N) is 1. The van der Waals surface area contributed by atoms with Crippen LogP contribution in [0.25, 0.3) is 22.3 Å². The monoisotopic (exact) mass is 765 g/mol. The summed E-state index contributed by atoms with van der Waals surface area (Å²) in [5.41, 5.74) is 24.7. The summed E-state index contributed by atoms with van der Waals surface area (Å²) < 4.78 is 0. The van der Waals surface area contributed by atoms with Gasteiger partial charge in [-0.25, -0.2) is 0 Å². The van der Waals surface area contributed by atoms with Crippen LogP contribution >= 0.6 is 9.24 Å². The van der Waals surface area contributed by atoms with Crippen LogP contribution in [0, 0.1) is 20.8 Å². The van der Waals surface area contributed by atoms with Crippen LogP contribution in [-0.2, 0) is 10.8 Å². The smallest absolute Gasteiger partial charge is 0.0511 e. The maximum Gasteiger partial charge on any atom is 0.0511 e. The molecule has 0 spiro atoms. The molecule has 57 heavy (non-hydrogen) atoms. The summed E-state index contributed by atoms with van der Waals surface area (Å²) in [5, 5.41) is 1.15. The SMILES string of the molecule is Cc1cc(-c2ccccc2)c(C(C)(C)C)cc1N(c1ccc(N)cc1)c1cccc(N(c2ccc(P)cc2)c2cc(C(C)(C)C)c(-c3ccccc3)cc2C)c1C. The van der Waals surface area contributed by atoms with Gasteiger partial charge < -0.3 is 15.5 Å². The van der Waals surface area contributed by atoms with Gasteiger partial charge >= 0.3 is 0 Å². The zero-order valence-corrected chi connectivity index (χ0v) is 36.1. The molecule has 0 saturated carbocycles. The molecule has 3 nitrogen and oxygen atoms in total. The summed E-state index contributed by atoms with van der Waals surface area (Å²) in [4.78, 5) is 4.88. The molecule has 0 aromatic heterocycles. The molecule has 0 heterocycles. The van der Waals surface area contributed by atoms with Gasteiger partial charge in [-0.2, -0.15) is 0 Å². The molecule has 2 N–H and O–H groups in total. The first kappa shape index (κ1) is 39.6. The highest BCUT2D eigenvalue weighted by atomic mass is 31.0. The first-order valence-corrected chi connectivity index (χ1v) is 20.5. The van der Waals surface area contributed by atoms with Crippen LogP contribution in [0.1, 0.15) is 69.4 Å². The summed E-state index contributed by atoms with van der Waals surface area (Å²) in [7, 11) is 2.84. The normalized spacial score (nSPS) is 11.8. The fraction of sp³-hybridized carbons (Fsp3) is 0.208. The van der Waals surface area contributed by atoms with Crippen molar-refractivity contribution in [2.45, 2.75) is 73.1 Å². The molecule has 288 valence electrons. The molecule has 7 aromatic rings. The molecule has 1 atom stereocenters. The van der Waals surface area contributed by atoms with Crippen molar-refractivity contribution in [2.75, 3.05) is 15.5 Å². The van der Waals surface area contributed by atoms with Gasteiger partial charge in [0, 0.05) is 28.4 Å². The number of nitrogen functional groups attached to an aromatic ring is 1. The largest absolute Gasteiger partial charge is 0.399 e. The van der Waals surface area contributed by atoms with Crippen molar-refractivity contribution >= 4 is 54.4 Å². The quantitative estimate of drug-likeness (QED) is 0.124. The second-order valence-corrected chi connectivity index (χ2v) is 18.0. The van der Waals surface area contributed by atoms with Crippen LogP contribution in [0.2, 0.25) is 0 Å². The lowest BCUT2D eigenvalue weighted by atomic mass is 9.80. The van der Waals surface area contributed by atoms with Gasteiger partial charge in [-0.1, -0.05) is 120 Å². The van der Waals surface area contributed by atoms with Gasteiger partial charge in [-0.3, -0.25) is 0 Å². The number of aryl methyl sites for hydroxylation is 2. The van der Waals surface area contributed by atoms with Crippen molar-refractivity contribution in [2.24, 2.45) is 0 Å². The van der Waals surface area contributed by atoms with Crippen molar-refractivity contribution < 1.29 is 0 Å². The van der Waals surface area contributed by atoms with Crippen LogP contribution < -0.4 is 20.8 Å². The average molecular weight is 766 g/mol. The van der Waals surface area contributed by atoms with E-state index < -0.39 is 0 Å². The van der Waals surface area contributed by atoms with E-state index in [0.29, 0.717) is 0 Å². The first-order chi connectivity index (χ1) is 27.1. The fourth-order valence-electron chi connectivity index (χ4n) is 7.99. The Morgan fingerprint density at radius 1 is 0.439 bits per heavy atom. The number of benzene rings is 7.